The summed E-state index contributed by atoms with van der Waals surface area (Å²) in [6.45, 7) is 16.1. The molecule has 2 aromatic heterocycles. The van der Waals surface area contributed by atoms with Crippen molar-refractivity contribution in [3.8, 4) is 67.4 Å². The van der Waals surface area contributed by atoms with Crippen molar-refractivity contribution in [3.05, 3.63) is 338 Å². The van der Waals surface area contributed by atoms with Crippen LogP contribution in [0.25, 0.3) is 99.5 Å². The van der Waals surface area contributed by atoms with Gasteiger partial charge in [0.15, 0.2) is 0 Å². The number of hydrogen-bond donors (Lipinski definition) is 0. The van der Waals surface area contributed by atoms with E-state index in [-0.39, 0.29) is 93.4 Å². The van der Waals surface area contributed by atoms with Crippen molar-refractivity contribution < 1.29 is 30.8 Å². The Morgan fingerprint density at radius 1 is 0.327 bits per heavy atom. The van der Waals surface area contributed by atoms with Gasteiger partial charge in [0.1, 0.15) is 0 Å². The second-order valence-corrected chi connectivity index (χ2v) is 34.9. The third kappa shape index (κ3) is 10.3. The maximum atomic E-state index is 12.2. The van der Waals surface area contributed by atoms with Crippen molar-refractivity contribution in [2.75, 3.05) is 9.80 Å². The molecule has 0 fully saturated rings. The fourth-order valence-corrected chi connectivity index (χ4v) is 20.1. The second-order valence-electron chi connectivity index (χ2n) is 32.0. The van der Waals surface area contributed by atoms with E-state index in [1.807, 2.05) is 175 Å². The summed E-state index contributed by atoms with van der Waals surface area (Å²) in [5.74, 6) is -0.406. The van der Waals surface area contributed by atoms with Crippen LogP contribution in [0.5, 0.6) is 11.5 Å². The summed E-state index contributed by atoms with van der Waals surface area (Å²) in [6, 6.07) is 57.0. The Hall–Kier alpha value is -11.8. The predicted molar refractivity (Wildman–Crippen MR) is 470 cm³/mol. The van der Waals surface area contributed by atoms with Gasteiger partial charge in [-0.1, -0.05) is 112 Å². The molecule has 0 aliphatic carbocycles. The molecule has 0 atom stereocenters. The quantitative estimate of drug-likeness (QED) is 0.142. The molecule has 17 aromatic rings. The number of benzene rings is 15. The second kappa shape index (κ2) is 24.9. The van der Waals surface area contributed by atoms with Gasteiger partial charge in [0, 0.05) is 16.5 Å². The summed E-state index contributed by atoms with van der Waals surface area (Å²) in [4.78, 5) is 4.11. The Bertz CT molecular complexity index is 7690. The van der Waals surface area contributed by atoms with Gasteiger partial charge in [-0.2, -0.15) is 0 Å². The van der Waals surface area contributed by atoms with E-state index >= 15 is 0 Å². The van der Waals surface area contributed by atoms with Crippen LogP contribution in [0.1, 0.15) is 105 Å². The molecule has 6 heterocycles. The summed E-state index contributed by atoms with van der Waals surface area (Å²) in [5, 5.41) is 1.11. The van der Waals surface area contributed by atoms with Gasteiger partial charge in [0.25, 0.3) is 0 Å². The maximum absolute atomic E-state index is 12.2. The molecule has 0 amide bonds. The molecule has 0 saturated carbocycles. The number of nitrogens with zero attached hydrogens (tertiary/aromatic N) is 4. The van der Waals surface area contributed by atoms with E-state index in [1.54, 1.807) is 4.57 Å². The summed E-state index contributed by atoms with van der Waals surface area (Å²) < 4.78 is 208. The molecule has 0 unspecified atom stereocenters. The standard InChI is InChI=1S/C102H80B2N4OTe/c1-100(2,3)67-54-75(63-32-14-10-15-33-63)97(76(55-67)64-34-16-11-17-35-64)107-87-61-71(106-85-47-29-24-42-74(85)79-60-70(51-53-86(79)106)105-83-45-27-22-40-72(83)73-41-23-28-46-84(73)105)50-52-80(87)104-94-88(107)58-69(102(7,8)9)59-89(94)108(98-77(65-36-18-12-19-37-65)56-68(101(4,5)6)57-78(98)66-38-20-13-21-39-66)90-62-93-96-99(95(90)104)109-91-48-30-25-43-81(91)103(96)82-44-26-31-49-92(82)110-93/h10-62H,1-9H3/i24D,25D,26D,29D,30D,31D,42D,43D,44D,47D,48D,49D,50D,51D,52D,53D,60D,61D,62D. The molecule has 526 valence electrons. The summed E-state index contributed by atoms with van der Waals surface area (Å²) >= 11 is -2.27. The van der Waals surface area contributed by atoms with E-state index in [4.69, 9.17) is 4.74 Å². The van der Waals surface area contributed by atoms with Crippen molar-refractivity contribution in [1.29, 1.82) is 0 Å². The predicted octanol–water partition coefficient (Wildman–Crippen LogP) is 21.1. The number of ether oxygens (including phenoxy) is 1. The third-order valence-electron chi connectivity index (χ3n) is 22.4. The molecule has 110 heavy (non-hydrogen) atoms. The van der Waals surface area contributed by atoms with E-state index in [1.165, 1.54) is 4.57 Å². The fourth-order valence-electron chi connectivity index (χ4n) is 17.0. The monoisotopic (exact) mass is 1550 g/mol. The van der Waals surface area contributed by atoms with Gasteiger partial charge < -0.3 is 4.57 Å². The van der Waals surface area contributed by atoms with Gasteiger partial charge in [-0.3, -0.25) is 0 Å². The van der Waals surface area contributed by atoms with E-state index in [2.05, 4.69) is 104 Å². The molecule has 0 radical (unpaired) electrons. The Balaban J connectivity index is 1.02. The van der Waals surface area contributed by atoms with Crippen LogP contribution in [0.3, 0.4) is 0 Å². The minimum absolute atomic E-state index is 0.0321. The van der Waals surface area contributed by atoms with E-state index in [0.717, 1.165) is 49.7 Å². The molecule has 5 nitrogen and oxygen atoms in total. The van der Waals surface area contributed by atoms with E-state index in [0.29, 0.717) is 65.1 Å². The first kappa shape index (κ1) is 49.3. The summed E-state index contributed by atoms with van der Waals surface area (Å²) in [5.41, 5.74) is 9.04. The Morgan fingerprint density at radius 2 is 0.773 bits per heavy atom. The van der Waals surface area contributed by atoms with Crippen LogP contribution < -0.4 is 54.5 Å². The zero-order chi connectivity index (χ0) is 90.8. The Morgan fingerprint density at radius 3 is 1.33 bits per heavy atom. The fraction of sp³-hybridized carbons (Fsp3) is 0.118. The molecule has 21 rings (SSSR count). The molecule has 0 spiro atoms. The van der Waals surface area contributed by atoms with Crippen molar-refractivity contribution in [2.24, 2.45) is 0 Å². The zero-order valence-corrected chi connectivity index (χ0v) is 64.2. The van der Waals surface area contributed by atoms with Gasteiger partial charge >= 0.3 is 503 Å². The molecule has 8 heteroatoms. The number of anilines is 6. The molecule has 4 aliphatic heterocycles. The SMILES string of the molecule is [2H]c1c([2H])c([2H])c2c(c1[2H])Oc1c3c(c([2H])c4c1B1c5c(cc(C(C)(C)C)cc5N4c4c(-c5ccccc5)cc(C(C)(C)C)cc4-c4ccccc4)N(c4c(-c5ccccc5)cc(C(C)(C)C)cc4-c4ccccc4)c4c([2H])c(-n5c6c([2H])c([2H])c([2H])c([2H])c6c6c([2H])c(-n7c8ccccc8c8ccccc87)c([2H])c([2H])c65)c([2H])c([2H])c41)[Te]c1c([2H])c([2H])c([2H])c([2H])c1B23. The number of rotatable bonds is 8. The number of para-hydroxylation sites is 4. The number of fused-ring (bicyclic) bond motifs is 15. The molecular formula is C102H80B2N4OTe. The first-order valence-electron chi connectivity index (χ1n) is 46.7. The molecule has 0 N–H and O–H groups in total. The normalized spacial score (nSPS) is 15.9. The summed E-state index contributed by atoms with van der Waals surface area (Å²) in [6.07, 6.45) is 0. The zero-order valence-electron chi connectivity index (χ0n) is 80.9. The van der Waals surface area contributed by atoms with E-state index in [9.17, 15) is 26.0 Å². The third-order valence-corrected chi connectivity index (χ3v) is 25.4. The van der Waals surface area contributed by atoms with Crippen molar-refractivity contribution in [3.63, 3.8) is 0 Å². The van der Waals surface area contributed by atoms with Crippen molar-refractivity contribution >= 4 is 152 Å². The molecule has 4 aliphatic rings. The van der Waals surface area contributed by atoms with Crippen molar-refractivity contribution in [1.82, 2.24) is 9.13 Å². The van der Waals surface area contributed by atoms with Crippen LogP contribution in [-0.4, -0.2) is 43.5 Å². The average molecular weight is 1550 g/mol. The average Bonchev–Trinajstić information content (AvgIpc) is 0.842. The summed E-state index contributed by atoms with van der Waals surface area (Å²) in [7, 11) is 0. The first-order valence-corrected chi connectivity index (χ1v) is 39.6. The number of hydrogen-bond acceptors (Lipinski definition) is 3. The van der Waals surface area contributed by atoms with Gasteiger partial charge in [0.2, 0.25) is 0 Å². The van der Waals surface area contributed by atoms with Crippen LogP contribution in [0.2, 0.25) is 0 Å². The molecule has 0 saturated heterocycles. The molecular weight excluding hydrogens is 1450 g/mol. The van der Waals surface area contributed by atoms with Crippen LogP contribution in [0, 0.1) is 0 Å². The van der Waals surface area contributed by atoms with Crippen LogP contribution >= 0.6 is 0 Å². The minimum atomic E-state index is -2.27. The topological polar surface area (TPSA) is 25.6 Å². The molecule has 15 aromatic carbocycles. The Kier molecular flexibility index (Phi) is 11.1. The van der Waals surface area contributed by atoms with Crippen LogP contribution in [0.4, 0.5) is 34.1 Å². The van der Waals surface area contributed by atoms with Gasteiger partial charge in [-0.15, -0.1) is 0 Å². The Labute approximate surface area is 681 Å². The van der Waals surface area contributed by atoms with Crippen LogP contribution in [-0.2, 0) is 16.2 Å². The van der Waals surface area contributed by atoms with Gasteiger partial charge in [-0.05, 0) is 29.6 Å². The van der Waals surface area contributed by atoms with Crippen LogP contribution in [0.15, 0.2) is 321 Å². The molecule has 0 bridgehead atoms. The van der Waals surface area contributed by atoms with Gasteiger partial charge in [-0.25, -0.2) is 0 Å². The van der Waals surface area contributed by atoms with Crippen molar-refractivity contribution in [2.45, 2.75) is 78.6 Å². The first-order chi connectivity index (χ1) is 61.4. The van der Waals surface area contributed by atoms with Gasteiger partial charge in [0.05, 0.1) is 20.6 Å². The number of aromatic nitrogens is 2. The van der Waals surface area contributed by atoms with E-state index < -0.39 is 159 Å².